The summed E-state index contributed by atoms with van der Waals surface area (Å²) < 4.78 is 5.22. The molecule has 0 aliphatic carbocycles. The van der Waals surface area contributed by atoms with Gasteiger partial charge in [0.05, 0.1) is 5.56 Å². The molecule has 1 amide bonds. The molecule has 0 fully saturated rings. The van der Waals surface area contributed by atoms with Crippen LogP contribution < -0.4 is 5.32 Å². The number of benzene rings is 2. The third-order valence-electron chi connectivity index (χ3n) is 4.01. The summed E-state index contributed by atoms with van der Waals surface area (Å²) in [7, 11) is 0. The molecular weight excluding hydrogens is 372 g/mol. The Bertz CT molecular complexity index is 1120. The summed E-state index contributed by atoms with van der Waals surface area (Å²) in [6, 6.07) is 13.1. The number of ether oxygens (including phenoxy) is 1. The molecule has 0 unspecified atom stereocenters. The van der Waals surface area contributed by atoms with Gasteiger partial charge in [0.2, 0.25) is 5.78 Å². The Morgan fingerprint density at radius 1 is 1.00 bits per heavy atom. The van der Waals surface area contributed by atoms with E-state index in [-0.39, 0.29) is 17.0 Å². The first-order valence-corrected chi connectivity index (χ1v) is 8.91. The Kier molecular flexibility index (Phi) is 5.32. The van der Waals surface area contributed by atoms with Gasteiger partial charge in [0.25, 0.3) is 0 Å². The Morgan fingerprint density at radius 3 is 2.34 bits per heavy atom. The van der Waals surface area contributed by atoms with Crippen molar-refractivity contribution in [1.29, 1.82) is 0 Å². The summed E-state index contributed by atoms with van der Waals surface area (Å²) >= 11 is 0. The second kappa shape index (κ2) is 7.71. The number of carboxylic acids is 1. The highest BCUT2D eigenvalue weighted by Gasteiger charge is 2.20. The van der Waals surface area contributed by atoms with Crippen molar-refractivity contribution < 1.29 is 24.2 Å². The van der Waals surface area contributed by atoms with Gasteiger partial charge >= 0.3 is 12.1 Å². The zero-order chi connectivity index (χ0) is 21.2. The second-order valence-corrected chi connectivity index (χ2v) is 7.41. The summed E-state index contributed by atoms with van der Waals surface area (Å²) in [4.78, 5) is 40.6. The number of aromatic nitrogens is 1. The number of rotatable bonds is 4. The molecule has 0 radical (unpaired) electrons. The van der Waals surface area contributed by atoms with E-state index in [1.165, 1.54) is 12.3 Å². The van der Waals surface area contributed by atoms with Gasteiger partial charge < -0.3 is 9.84 Å². The van der Waals surface area contributed by atoms with E-state index in [4.69, 9.17) is 4.74 Å². The highest BCUT2D eigenvalue weighted by molar-refractivity contribution is 6.17. The van der Waals surface area contributed by atoms with E-state index in [2.05, 4.69) is 10.3 Å². The zero-order valence-corrected chi connectivity index (χ0v) is 16.2. The summed E-state index contributed by atoms with van der Waals surface area (Å²) in [6.07, 6.45) is 0.553. The van der Waals surface area contributed by atoms with Crippen molar-refractivity contribution in [2.75, 3.05) is 5.32 Å². The van der Waals surface area contributed by atoms with E-state index >= 15 is 0 Å². The zero-order valence-electron chi connectivity index (χ0n) is 16.2. The van der Waals surface area contributed by atoms with Crippen LogP contribution in [0.5, 0.6) is 0 Å². The van der Waals surface area contributed by atoms with Crippen LogP contribution in [-0.4, -0.2) is 33.5 Å². The monoisotopic (exact) mass is 392 g/mol. The highest BCUT2D eigenvalue weighted by atomic mass is 16.6. The lowest BCUT2D eigenvalue weighted by Crippen LogP contribution is -2.27. The van der Waals surface area contributed by atoms with Gasteiger partial charge in [-0.2, -0.15) is 0 Å². The molecule has 148 valence electrons. The van der Waals surface area contributed by atoms with E-state index in [0.29, 0.717) is 22.0 Å². The van der Waals surface area contributed by atoms with Gasteiger partial charge in [0.15, 0.2) is 0 Å². The van der Waals surface area contributed by atoms with Crippen LogP contribution in [0.25, 0.3) is 10.8 Å². The first-order valence-electron chi connectivity index (χ1n) is 8.91. The maximum atomic E-state index is 13.1. The molecule has 3 aromatic rings. The quantitative estimate of drug-likeness (QED) is 0.633. The molecule has 3 rings (SSSR count). The number of nitrogens with zero attached hydrogens (tertiary/aromatic N) is 1. The molecule has 0 atom stereocenters. The van der Waals surface area contributed by atoms with Crippen LogP contribution >= 0.6 is 0 Å². The molecule has 1 aromatic heterocycles. The number of hydrogen-bond donors (Lipinski definition) is 2. The molecule has 2 N–H and O–H groups in total. The number of aromatic carboxylic acids is 1. The van der Waals surface area contributed by atoms with Crippen LogP contribution in [-0.2, 0) is 4.74 Å². The Hall–Kier alpha value is -3.74. The largest absolute Gasteiger partial charge is 0.478 e. The minimum atomic E-state index is -1.11. The van der Waals surface area contributed by atoms with E-state index in [1.807, 2.05) is 0 Å². The summed E-state index contributed by atoms with van der Waals surface area (Å²) in [6.45, 7) is 5.26. The Morgan fingerprint density at radius 2 is 1.69 bits per heavy atom. The van der Waals surface area contributed by atoms with Gasteiger partial charge in [-0.15, -0.1) is 0 Å². The lowest BCUT2D eigenvalue weighted by atomic mass is 9.99. The van der Waals surface area contributed by atoms with Crippen LogP contribution in [0.2, 0.25) is 0 Å². The van der Waals surface area contributed by atoms with E-state index < -0.39 is 17.7 Å². The van der Waals surface area contributed by atoms with Crippen LogP contribution in [0.15, 0.2) is 54.7 Å². The number of anilines is 1. The van der Waals surface area contributed by atoms with Gasteiger partial charge in [0, 0.05) is 28.2 Å². The molecular formula is C22H20N2O5. The molecule has 0 spiro atoms. The Labute approximate surface area is 167 Å². The molecule has 0 aliphatic heterocycles. The van der Waals surface area contributed by atoms with E-state index in [0.717, 1.165) is 0 Å². The number of pyridine rings is 1. The molecule has 0 saturated heterocycles. The number of amides is 1. The SMILES string of the molecule is CC(C)(C)OC(=O)Nc1cccc(C(=O)c2ncc(C(=O)O)c3ccccc23)c1. The molecule has 2 aromatic carbocycles. The Balaban J connectivity index is 1.95. The van der Waals surface area contributed by atoms with Crippen molar-refractivity contribution in [3.63, 3.8) is 0 Å². The van der Waals surface area contributed by atoms with Gasteiger partial charge in [-0.25, -0.2) is 9.59 Å². The maximum Gasteiger partial charge on any atom is 0.412 e. The fourth-order valence-corrected chi connectivity index (χ4v) is 2.84. The minimum Gasteiger partial charge on any atom is -0.478 e. The van der Waals surface area contributed by atoms with Gasteiger partial charge in [-0.3, -0.25) is 15.1 Å². The average molecular weight is 392 g/mol. The van der Waals surface area contributed by atoms with E-state index in [9.17, 15) is 19.5 Å². The molecule has 7 nitrogen and oxygen atoms in total. The molecule has 1 heterocycles. The first-order chi connectivity index (χ1) is 13.7. The van der Waals surface area contributed by atoms with Crippen LogP contribution in [0, 0.1) is 0 Å². The van der Waals surface area contributed by atoms with Crippen LogP contribution in [0.1, 0.15) is 47.2 Å². The lowest BCUT2D eigenvalue weighted by Gasteiger charge is -2.19. The maximum absolute atomic E-state index is 13.1. The van der Waals surface area contributed by atoms with E-state index in [1.54, 1.807) is 63.2 Å². The topological polar surface area (TPSA) is 106 Å². The molecule has 0 saturated carbocycles. The molecule has 29 heavy (non-hydrogen) atoms. The van der Waals surface area contributed by atoms with Crippen LogP contribution in [0.4, 0.5) is 10.5 Å². The molecule has 7 heteroatoms. The second-order valence-electron chi connectivity index (χ2n) is 7.41. The lowest BCUT2D eigenvalue weighted by molar-refractivity contribution is 0.0634. The molecule has 0 aliphatic rings. The fourth-order valence-electron chi connectivity index (χ4n) is 2.84. The third kappa shape index (κ3) is 4.57. The highest BCUT2D eigenvalue weighted by Crippen LogP contribution is 2.24. The third-order valence-corrected chi connectivity index (χ3v) is 4.01. The normalized spacial score (nSPS) is 11.1. The fraction of sp³-hybridized carbons (Fsp3) is 0.182. The van der Waals surface area contributed by atoms with Gasteiger partial charge in [0.1, 0.15) is 11.3 Å². The van der Waals surface area contributed by atoms with Crippen molar-refractivity contribution in [1.82, 2.24) is 4.98 Å². The number of ketones is 1. The number of hydrogen-bond acceptors (Lipinski definition) is 5. The van der Waals surface area contributed by atoms with Crippen molar-refractivity contribution in [2.45, 2.75) is 26.4 Å². The number of nitrogens with one attached hydrogen (secondary N) is 1. The summed E-state index contributed by atoms with van der Waals surface area (Å²) in [5, 5.41) is 12.8. The predicted molar refractivity (Wildman–Crippen MR) is 108 cm³/mol. The minimum absolute atomic E-state index is 0.0255. The first kappa shape index (κ1) is 20.0. The number of carboxylic acid groups (broad SMARTS) is 1. The standard InChI is InChI=1S/C22H20N2O5/c1-22(2,3)29-21(28)24-14-8-6-7-13(11-14)19(25)18-16-10-5-4-9-15(16)17(12-23-18)20(26)27/h4-12H,1-3H3,(H,24,28)(H,26,27). The average Bonchev–Trinajstić information content (AvgIpc) is 2.65. The number of fused-ring (bicyclic) bond motifs is 1. The van der Waals surface area contributed by atoms with Crippen molar-refractivity contribution >= 4 is 34.3 Å². The van der Waals surface area contributed by atoms with Crippen molar-refractivity contribution in [3.05, 3.63) is 71.5 Å². The van der Waals surface area contributed by atoms with Crippen molar-refractivity contribution in [2.24, 2.45) is 0 Å². The van der Waals surface area contributed by atoms with Crippen molar-refractivity contribution in [3.8, 4) is 0 Å². The smallest absolute Gasteiger partial charge is 0.412 e. The number of carbonyl (C=O) groups is 3. The van der Waals surface area contributed by atoms with Gasteiger partial charge in [-0.05, 0) is 32.9 Å². The summed E-state index contributed by atoms with van der Waals surface area (Å²) in [5.74, 6) is -1.50. The number of carbonyl (C=O) groups excluding carboxylic acids is 2. The van der Waals surface area contributed by atoms with Gasteiger partial charge in [-0.1, -0.05) is 36.4 Å². The summed E-state index contributed by atoms with van der Waals surface area (Å²) in [5.41, 5.74) is 0.222. The molecule has 0 bridgehead atoms. The van der Waals surface area contributed by atoms with Crippen LogP contribution in [0.3, 0.4) is 0 Å². The predicted octanol–water partition coefficient (Wildman–Crippen LogP) is 4.51.